The zero-order chi connectivity index (χ0) is 21.8. The Morgan fingerprint density at radius 1 is 0.933 bits per heavy atom. The van der Waals surface area contributed by atoms with E-state index in [0.29, 0.717) is 27.1 Å². The fraction of sp³-hybridized carbons (Fsp3) is 0.273. The van der Waals surface area contributed by atoms with Crippen LogP contribution in [0.2, 0.25) is 10.0 Å². The van der Waals surface area contributed by atoms with E-state index < -0.39 is 5.56 Å². The van der Waals surface area contributed by atoms with Crippen LogP contribution in [0.3, 0.4) is 0 Å². The number of nitrogens with zero attached hydrogens (tertiary/aromatic N) is 2. The maximum atomic E-state index is 13.1. The smallest absolute Gasteiger partial charge is 0.278 e. The number of rotatable bonds is 7. The van der Waals surface area contributed by atoms with Crippen LogP contribution in [0.4, 0.5) is 0 Å². The fourth-order valence-corrected chi connectivity index (χ4v) is 3.47. The van der Waals surface area contributed by atoms with Gasteiger partial charge in [-0.05, 0) is 31.5 Å². The van der Waals surface area contributed by atoms with Gasteiger partial charge in [-0.3, -0.25) is 4.79 Å². The highest BCUT2D eigenvalue weighted by Gasteiger charge is 2.25. The van der Waals surface area contributed by atoms with Gasteiger partial charge in [0.25, 0.3) is 5.56 Å². The van der Waals surface area contributed by atoms with Gasteiger partial charge in [0.15, 0.2) is 12.5 Å². The molecular formula is C22H22Cl2N2O4. The Bertz CT molecular complexity index is 1110. The van der Waals surface area contributed by atoms with Crippen LogP contribution < -0.4 is 15.0 Å². The predicted molar refractivity (Wildman–Crippen MR) is 118 cm³/mol. The third-order valence-electron chi connectivity index (χ3n) is 4.50. The molecule has 0 bridgehead atoms. The summed E-state index contributed by atoms with van der Waals surface area (Å²) in [4.78, 5) is 13.1. The summed E-state index contributed by atoms with van der Waals surface area (Å²) < 4.78 is 18.0. The van der Waals surface area contributed by atoms with Crippen LogP contribution in [-0.2, 0) is 18.4 Å². The SMILES string of the molecule is COCOc1c(C)nn(C)c(=O)c1-c1c(Cl)ccc(Cl)c1OCc1ccc(C)cc1. The highest BCUT2D eigenvalue weighted by molar-refractivity contribution is 6.37. The number of hydrogen-bond acceptors (Lipinski definition) is 5. The molecule has 0 fully saturated rings. The highest BCUT2D eigenvalue weighted by Crippen LogP contribution is 2.44. The van der Waals surface area contributed by atoms with Crippen LogP contribution in [0.15, 0.2) is 41.2 Å². The number of aromatic nitrogens is 2. The van der Waals surface area contributed by atoms with Gasteiger partial charge in [-0.2, -0.15) is 5.10 Å². The lowest BCUT2D eigenvalue weighted by Crippen LogP contribution is -2.24. The molecule has 0 atom stereocenters. The van der Waals surface area contributed by atoms with Gasteiger partial charge in [0, 0.05) is 14.2 Å². The van der Waals surface area contributed by atoms with Gasteiger partial charge in [-0.15, -0.1) is 0 Å². The van der Waals surface area contributed by atoms with Gasteiger partial charge < -0.3 is 14.2 Å². The van der Waals surface area contributed by atoms with E-state index >= 15 is 0 Å². The molecule has 0 N–H and O–H groups in total. The summed E-state index contributed by atoms with van der Waals surface area (Å²) in [5.74, 6) is 0.569. The Labute approximate surface area is 184 Å². The highest BCUT2D eigenvalue weighted by atomic mass is 35.5. The first-order valence-corrected chi connectivity index (χ1v) is 9.95. The summed E-state index contributed by atoms with van der Waals surface area (Å²) in [5, 5.41) is 4.84. The Kier molecular flexibility index (Phi) is 7.02. The lowest BCUT2D eigenvalue weighted by atomic mass is 10.0. The van der Waals surface area contributed by atoms with Gasteiger partial charge in [0.05, 0.1) is 21.2 Å². The average Bonchev–Trinajstić information content (AvgIpc) is 2.72. The summed E-state index contributed by atoms with van der Waals surface area (Å²) in [6.07, 6.45) is 0. The van der Waals surface area contributed by atoms with Crippen molar-refractivity contribution in [3.63, 3.8) is 0 Å². The molecule has 3 rings (SSSR count). The van der Waals surface area contributed by atoms with E-state index in [4.69, 9.17) is 37.4 Å². The van der Waals surface area contributed by atoms with Crippen molar-refractivity contribution in [2.45, 2.75) is 20.5 Å². The molecule has 6 nitrogen and oxygen atoms in total. The number of methoxy groups -OCH3 is 1. The van der Waals surface area contributed by atoms with Crippen molar-refractivity contribution in [3.8, 4) is 22.6 Å². The second-order valence-corrected chi connectivity index (χ2v) is 7.59. The molecule has 30 heavy (non-hydrogen) atoms. The molecule has 0 aliphatic rings. The number of aryl methyl sites for hydroxylation is 3. The van der Waals surface area contributed by atoms with Crippen molar-refractivity contribution in [3.05, 3.63) is 73.6 Å². The lowest BCUT2D eigenvalue weighted by Gasteiger charge is -2.18. The predicted octanol–water partition coefficient (Wildman–Crippen LogP) is 4.93. The standard InChI is InChI=1S/C22H22Cl2N2O4/c1-13-5-7-15(8-6-13)11-29-21-17(24)10-9-16(23)18(21)19-20(30-12-28-4)14(2)25-26(3)22(19)27/h5-10H,11-12H2,1-4H3. The summed E-state index contributed by atoms with van der Waals surface area (Å²) in [6, 6.07) is 11.2. The number of benzene rings is 2. The Morgan fingerprint density at radius 2 is 1.60 bits per heavy atom. The quantitative estimate of drug-likeness (QED) is 0.479. The second-order valence-electron chi connectivity index (χ2n) is 6.78. The van der Waals surface area contributed by atoms with Gasteiger partial charge in [-0.25, -0.2) is 4.68 Å². The molecule has 0 radical (unpaired) electrons. The molecule has 0 aliphatic heterocycles. The van der Waals surface area contributed by atoms with Crippen LogP contribution in [0.5, 0.6) is 11.5 Å². The van der Waals surface area contributed by atoms with Crippen molar-refractivity contribution >= 4 is 23.2 Å². The van der Waals surface area contributed by atoms with Crippen LogP contribution in [-0.4, -0.2) is 23.7 Å². The molecule has 0 unspecified atom stereocenters. The molecule has 1 aromatic heterocycles. The third-order valence-corrected chi connectivity index (χ3v) is 5.11. The Balaban J connectivity index is 2.15. The van der Waals surface area contributed by atoms with Crippen LogP contribution in [0.25, 0.3) is 11.1 Å². The summed E-state index contributed by atoms with van der Waals surface area (Å²) in [7, 11) is 3.05. The summed E-state index contributed by atoms with van der Waals surface area (Å²) >= 11 is 13.0. The van der Waals surface area contributed by atoms with Crippen molar-refractivity contribution in [1.82, 2.24) is 9.78 Å². The first kappa shape index (κ1) is 22.2. The third kappa shape index (κ3) is 4.61. The van der Waals surface area contributed by atoms with E-state index in [1.807, 2.05) is 31.2 Å². The second kappa shape index (κ2) is 9.51. The Morgan fingerprint density at radius 3 is 2.27 bits per heavy atom. The Hall–Kier alpha value is -2.54. The first-order chi connectivity index (χ1) is 14.3. The van der Waals surface area contributed by atoms with E-state index in [2.05, 4.69) is 5.10 Å². The van der Waals surface area contributed by atoms with Gasteiger partial charge in [0.1, 0.15) is 18.1 Å². The largest absolute Gasteiger partial charge is 0.487 e. The maximum Gasteiger partial charge on any atom is 0.278 e. The fourth-order valence-electron chi connectivity index (χ4n) is 3.02. The molecule has 1 heterocycles. The molecule has 0 spiro atoms. The van der Waals surface area contributed by atoms with Crippen LogP contribution >= 0.6 is 23.2 Å². The molecule has 2 aromatic carbocycles. The summed E-state index contributed by atoms with van der Waals surface area (Å²) in [6.45, 7) is 3.95. The molecular weight excluding hydrogens is 427 g/mol. The van der Waals surface area contributed by atoms with Crippen LogP contribution in [0, 0.1) is 13.8 Å². The van der Waals surface area contributed by atoms with Crippen LogP contribution in [0.1, 0.15) is 16.8 Å². The lowest BCUT2D eigenvalue weighted by molar-refractivity contribution is 0.0504. The molecule has 0 aliphatic carbocycles. The van der Waals surface area contributed by atoms with Crippen molar-refractivity contribution in [2.24, 2.45) is 7.05 Å². The normalized spacial score (nSPS) is 10.9. The number of hydrogen-bond donors (Lipinski definition) is 0. The molecule has 0 amide bonds. The minimum absolute atomic E-state index is 0.0551. The van der Waals surface area contributed by atoms with Gasteiger partial charge >= 0.3 is 0 Å². The van der Waals surface area contributed by atoms with Crippen molar-refractivity contribution < 1.29 is 14.2 Å². The number of ether oxygens (including phenoxy) is 3. The van der Waals surface area contributed by atoms with E-state index in [1.54, 1.807) is 26.1 Å². The van der Waals surface area contributed by atoms with E-state index in [1.165, 1.54) is 11.8 Å². The topological polar surface area (TPSA) is 62.6 Å². The van der Waals surface area contributed by atoms with Gasteiger partial charge in [0.2, 0.25) is 0 Å². The summed E-state index contributed by atoms with van der Waals surface area (Å²) in [5.41, 5.74) is 2.79. The molecule has 0 saturated carbocycles. The maximum absolute atomic E-state index is 13.1. The monoisotopic (exact) mass is 448 g/mol. The minimum Gasteiger partial charge on any atom is -0.487 e. The molecule has 8 heteroatoms. The van der Waals surface area contributed by atoms with Crippen molar-refractivity contribution in [2.75, 3.05) is 13.9 Å². The average molecular weight is 449 g/mol. The van der Waals surface area contributed by atoms with E-state index in [-0.39, 0.29) is 24.7 Å². The van der Waals surface area contributed by atoms with Gasteiger partial charge in [-0.1, -0.05) is 53.0 Å². The zero-order valence-electron chi connectivity index (χ0n) is 17.2. The number of halogens is 2. The minimum atomic E-state index is -0.393. The van der Waals surface area contributed by atoms with E-state index in [0.717, 1.165) is 11.1 Å². The molecule has 158 valence electrons. The molecule has 0 saturated heterocycles. The zero-order valence-corrected chi connectivity index (χ0v) is 18.7. The molecule has 3 aromatic rings. The van der Waals surface area contributed by atoms with E-state index in [9.17, 15) is 4.79 Å². The van der Waals surface area contributed by atoms with Crippen molar-refractivity contribution in [1.29, 1.82) is 0 Å². The first-order valence-electron chi connectivity index (χ1n) is 9.19.